The number of benzene rings is 2. The van der Waals surface area contributed by atoms with E-state index in [0.29, 0.717) is 13.2 Å². The van der Waals surface area contributed by atoms with E-state index < -0.39 is 0 Å². The molecule has 2 heterocycles. The Labute approximate surface area is 213 Å². The van der Waals surface area contributed by atoms with Crippen molar-refractivity contribution in [3.8, 4) is 11.4 Å². The van der Waals surface area contributed by atoms with Crippen LogP contribution in [0, 0.1) is 17.8 Å². The normalized spacial score (nSPS) is 29.9. The van der Waals surface area contributed by atoms with E-state index in [4.69, 9.17) is 4.74 Å². The summed E-state index contributed by atoms with van der Waals surface area (Å²) in [6.45, 7) is 3.22. The van der Waals surface area contributed by atoms with E-state index in [0.717, 1.165) is 59.7 Å². The summed E-state index contributed by atoms with van der Waals surface area (Å²) in [4.78, 5) is 16.4. The highest BCUT2D eigenvalue weighted by molar-refractivity contribution is 5.77. The van der Waals surface area contributed by atoms with E-state index in [1.165, 1.54) is 24.8 Å². The summed E-state index contributed by atoms with van der Waals surface area (Å²) in [5.74, 6) is 3.24. The molecule has 8 rings (SSSR count). The topological polar surface area (TPSA) is 46.5 Å². The number of nitrogens with one attached hydrogen (secondary N) is 1. The average Bonchev–Trinajstić information content (AvgIpc) is 3.28. The number of carbonyl (C=O) groups excluding carboxylic acids is 1. The van der Waals surface area contributed by atoms with Crippen LogP contribution in [-0.2, 0) is 6.54 Å². The number of amides is 2. The molecule has 5 aliphatic rings. The fourth-order valence-electron chi connectivity index (χ4n) is 8.17. The highest BCUT2D eigenvalue weighted by atomic mass is 16.5. The summed E-state index contributed by atoms with van der Waals surface area (Å²) in [5.41, 5.74) is 4.52. The SMILES string of the molecule is CCOc1ccc([C@@H]2c3cccn3-c3ccccc3CN2C(=O)NC23CC4CC(CC(C4)C2)C3)cc1. The molecule has 1 aromatic heterocycles. The molecule has 0 saturated heterocycles. The van der Waals surface area contributed by atoms with Crippen LogP contribution in [-0.4, -0.2) is 27.6 Å². The molecule has 0 radical (unpaired) electrons. The largest absolute Gasteiger partial charge is 0.494 e. The maximum atomic E-state index is 14.3. The summed E-state index contributed by atoms with van der Waals surface area (Å²) in [7, 11) is 0. The van der Waals surface area contributed by atoms with Gasteiger partial charge in [0.25, 0.3) is 0 Å². The third-order valence-electron chi connectivity index (χ3n) is 9.14. The molecule has 1 atom stereocenters. The standard InChI is InChI=1S/C31H35N3O2/c1-2-36-26-11-9-24(10-12-26)29-28-8-5-13-33(28)27-7-4-3-6-25(27)20-34(29)30(35)32-31-17-21-14-22(18-31)16-23(15-21)19-31/h3-13,21-23,29H,2,14-20H2,1H3,(H,32,35)/t21?,22?,23?,29-,31?/m1/s1. The van der Waals surface area contributed by atoms with Crippen molar-refractivity contribution in [3.63, 3.8) is 0 Å². The van der Waals surface area contributed by atoms with Crippen molar-refractivity contribution in [2.75, 3.05) is 6.61 Å². The summed E-state index contributed by atoms with van der Waals surface area (Å²) < 4.78 is 7.97. The van der Waals surface area contributed by atoms with E-state index in [2.05, 4.69) is 69.5 Å². The lowest BCUT2D eigenvalue weighted by molar-refractivity contribution is -0.0163. The third kappa shape index (κ3) is 3.63. The second-order valence-electron chi connectivity index (χ2n) is 11.6. The van der Waals surface area contributed by atoms with E-state index in [1.807, 2.05) is 19.1 Å². The Morgan fingerprint density at radius 3 is 2.33 bits per heavy atom. The number of urea groups is 1. The number of hydrogen-bond donors (Lipinski definition) is 1. The van der Waals surface area contributed by atoms with E-state index in [1.54, 1.807) is 0 Å². The van der Waals surface area contributed by atoms with Gasteiger partial charge in [-0.2, -0.15) is 0 Å². The molecule has 4 bridgehead atoms. The van der Waals surface area contributed by atoms with Crippen LogP contribution in [0.15, 0.2) is 66.9 Å². The number of hydrogen-bond acceptors (Lipinski definition) is 2. The van der Waals surface area contributed by atoms with Crippen LogP contribution >= 0.6 is 0 Å². The van der Waals surface area contributed by atoms with Crippen LogP contribution in [0.25, 0.3) is 5.69 Å². The Morgan fingerprint density at radius 1 is 0.944 bits per heavy atom. The predicted octanol–water partition coefficient (Wildman–Crippen LogP) is 6.46. The smallest absolute Gasteiger partial charge is 0.318 e. The minimum Gasteiger partial charge on any atom is -0.494 e. The van der Waals surface area contributed by atoms with Crippen LogP contribution < -0.4 is 10.1 Å². The van der Waals surface area contributed by atoms with Crippen molar-refractivity contribution in [2.45, 2.75) is 63.6 Å². The Bertz CT molecular complexity index is 1240. The first-order valence-electron chi connectivity index (χ1n) is 13.7. The number of aromatic nitrogens is 1. The van der Waals surface area contributed by atoms with Crippen molar-refractivity contribution in [1.82, 2.24) is 14.8 Å². The predicted molar refractivity (Wildman–Crippen MR) is 140 cm³/mol. The van der Waals surface area contributed by atoms with Gasteiger partial charge in [0, 0.05) is 17.4 Å². The molecule has 5 heteroatoms. The van der Waals surface area contributed by atoms with Crippen LogP contribution in [0.1, 0.15) is 68.3 Å². The van der Waals surface area contributed by atoms with Crippen LogP contribution in [0.4, 0.5) is 4.79 Å². The van der Waals surface area contributed by atoms with Gasteiger partial charge >= 0.3 is 6.03 Å². The molecule has 0 unspecified atom stereocenters. The molecular weight excluding hydrogens is 446 g/mol. The van der Waals surface area contributed by atoms with Gasteiger partial charge in [0.1, 0.15) is 5.75 Å². The first kappa shape index (κ1) is 22.0. The quantitative estimate of drug-likeness (QED) is 0.465. The highest BCUT2D eigenvalue weighted by Gasteiger charge is 2.52. The van der Waals surface area contributed by atoms with Gasteiger partial charge in [0.05, 0.1) is 24.9 Å². The van der Waals surface area contributed by atoms with Crippen molar-refractivity contribution < 1.29 is 9.53 Å². The zero-order chi connectivity index (χ0) is 24.3. The molecule has 0 spiro atoms. The molecule has 5 nitrogen and oxygen atoms in total. The summed E-state index contributed by atoms with van der Waals surface area (Å²) in [5, 5.41) is 3.66. The van der Waals surface area contributed by atoms with Gasteiger partial charge < -0.3 is 19.5 Å². The maximum Gasteiger partial charge on any atom is 0.318 e. The van der Waals surface area contributed by atoms with Crippen LogP contribution in [0.5, 0.6) is 5.75 Å². The zero-order valence-corrected chi connectivity index (χ0v) is 21.0. The van der Waals surface area contributed by atoms with Crippen molar-refractivity contribution in [2.24, 2.45) is 17.8 Å². The van der Waals surface area contributed by atoms with Gasteiger partial charge in [-0.15, -0.1) is 0 Å². The Morgan fingerprint density at radius 2 is 1.64 bits per heavy atom. The summed E-state index contributed by atoms with van der Waals surface area (Å²) in [6, 6.07) is 20.9. The molecule has 4 saturated carbocycles. The fourth-order valence-corrected chi connectivity index (χ4v) is 8.17. The average molecular weight is 482 g/mol. The number of ether oxygens (including phenoxy) is 1. The van der Waals surface area contributed by atoms with Crippen LogP contribution in [0.3, 0.4) is 0 Å². The van der Waals surface area contributed by atoms with E-state index >= 15 is 0 Å². The van der Waals surface area contributed by atoms with E-state index in [9.17, 15) is 4.79 Å². The van der Waals surface area contributed by atoms with Gasteiger partial charge in [0.2, 0.25) is 0 Å². The molecule has 1 aliphatic heterocycles. The minimum absolute atomic E-state index is 0.0248. The minimum atomic E-state index is -0.183. The molecule has 2 amide bonds. The second kappa shape index (κ2) is 8.43. The molecule has 2 aromatic carbocycles. The van der Waals surface area contributed by atoms with Gasteiger partial charge in [-0.25, -0.2) is 4.79 Å². The van der Waals surface area contributed by atoms with E-state index in [-0.39, 0.29) is 17.6 Å². The first-order valence-corrected chi connectivity index (χ1v) is 13.7. The molecule has 4 aliphatic carbocycles. The number of fused-ring (bicyclic) bond motifs is 3. The molecule has 4 fully saturated rings. The first-order chi connectivity index (χ1) is 17.6. The van der Waals surface area contributed by atoms with Crippen molar-refractivity contribution in [1.29, 1.82) is 0 Å². The molecule has 186 valence electrons. The third-order valence-corrected chi connectivity index (χ3v) is 9.14. The number of nitrogens with zero attached hydrogens (tertiary/aromatic N) is 2. The van der Waals surface area contributed by atoms with Crippen molar-refractivity contribution >= 4 is 6.03 Å². The molecule has 3 aromatic rings. The fraction of sp³-hybridized carbons (Fsp3) is 0.452. The molecule has 1 N–H and O–H groups in total. The molecule has 36 heavy (non-hydrogen) atoms. The monoisotopic (exact) mass is 481 g/mol. The lowest BCUT2D eigenvalue weighted by atomic mass is 9.53. The number of rotatable bonds is 4. The van der Waals surface area contributed by atoms with Crippen molar-refractivity contribution in [3.05, 3.63) is 83.7 Å². The second-order valence-corrected chi connectivity index (χ2v) is 11.6. The van der Waals surface area contributed by atoms with Crippen LogP contribution in [0.2, 0.25) is 0 Å². The number of para-hydroxylation sites is 1. The Kier molecular flexibility index (Phi) is 5.16. The Hall–Kier alpha value is -3.21. The lowest BCUT2D eigenvalue weighted by Gasteiger charge is -2.57. The summed E-state index contributed by atoms with van der Waals surface area (Å²) >= 11 is 0. The highest BCUT2D eigenvalue weighted by Crippen LogP contribution is 2.55. The lowest BCUT2D eigenvalue weighted by Crippen LogP contribution is -2.62. The summed E-state index contributed by atoms with van der Waals surface area (Å²) in [6.07, 6.45) is 9.69. The molecular formula is C31H35N3O2. The number of carbonyl (C=O) groups is 1. The van der Waals surface area contributed by atoms with Gasteiger partial charge in [-0.05, 0) is 105 Å². The zero-order valence-electron chi connectivity index (χ0n) is 21.0. The van der Waals surface area contributed by atoms with Gasteiger partial charge in [-0.1, -0.05) is 30.3 Å². The van der Waals surface area contributed by atoms with Gasteiger partial charge in [-0.3, -0.25) is 0 Å². The van der Waals surface area contributed by atoms with Gasteiger partial charge in [0.15, 0.2) is 0 Å². The Balaban J connectivity index is 1.28. The maximum absolute atomic E-state index is 14.3.